The van der Waals surface area contributed by atoms with Gasteiger partial charge in [-0.2, -0.15) is 0 Å². The highest BCUT2D eigenvalue weighted by Crippen LogP contribution is 2.18. The Labute approximate surface area is 115 Å². The second-order valence-electron chi connectivity index (χ2n) is 5.19. The van der Waals surface area contributed by atoms with Crippen LogP contribution in [0.4, 0.5) is 0 Å². The Bertz CT molecular complexity index is 379. The van der Waals surface area contributed by atoms with Gasteiger partial charge in [0, 0.05) is 25.8 Å². The summed E-state index contributed by atoms with van der Waals surface area (Å²) in [5.74, 6) is 0.826. The van der Waals surface area contributed by atoms with Crippen molar-refractivity contribution in [3.63, 3.8) is 0 Å². The first-order chi connectivity index (χ1) is 8.42. The van der Waals surface area contributed by atoms with Gasteiger partial charge in [0.15, 0.2) is 0 Å². The van der Waals surface area contributed by atoms with Crippen molar-refractivity contribution in [2.45, 2.75) is 25.8 Å². The van der Waals surface area contributed by atoms with Crippen molar-refractivity contribution in [1.82, 2.24) is 20.2 Å². The molecule has 0 radical (unpaired) electrons. The van der Waals surface area contributed by atoms with E-state index in [1.54, 1.807) is 6.33 Å². The summed E-state index contributed by atoms with van der Waals surface area (Å²) < 4.78 is 0. The number of nitrogens with one attached hydrogen (secondary N) is 1. The van der Waals surface area contributed by atoms with Gasteiger partial charge < -0.3 is 5.32 Å². The topological polar surface area (TPSA) is 41.1 Å². The molecule has 3 rings (SSSR count). The minimum Gasteiger partial charge on any atom is -0.316 e. The van der Waals surface area contributed by atoms with Crippen LogP contribution in [0.3, 0.4) is 0 Å². The third-order valence-electron chi connectivity index (χ3n) is 3.87. The van der Waals surface area contributed by atoms with Crippen LogP contribution in [0.1, 0.15) is 24.1 Å². The summed E-state index contributed by atoms with van der Waals surface area (Å²) in [5, 5.41) is 3.49. The number of piperidine rings is 1. The monoisotopic (exact) mass is 268 g/mol. The summed E-state index contributed by atoms with van der Waals surface area (Å²) in [6, 6.07) is 0. The smallest absolute Gasteiger partial charge is 0.115 e. The van der Waals surface area contributed by atoms with E-state index in [0.717, 1.165) is 25.4 Å². The van der Waals surface area contributed by atoms with Gasteiger partial charge in [0.2, 0.25) is 0 Å². The summed E-state index contributed by atoms with van der Waals surface area (Å²) in [7, 11) is 0. The zero-order valence-corrected chi connectivity index (χ0v) is 11.5. The highest BCUT2D eigenvalue weighted by molar-refractivity contribution is 5.85. The zero-order chi connectivity index (χ0) is 11.5. The number of halogens is 1. The van der Waals surface area contributed by atoms with Crippen LogP contribution in [0.25, 0.3) is 0 Å². The average molecular weight is 269 g/mol. The Kier molecular flexibility index (Phi) is 4.92. The Morgan fingerprint density at radius 2 is 2.39 bits per heavy atom. The van der Waals surface area contributed by atoms with E-state index in [2.05, 4.69) is 20.2 Å². The molecule has 1 atom stereocenters. The molecular weight excluding hydrogens is 248 g/mol. The van der Waals surface area contributed by atoms with Gasteiger partial charge in [-0.3, -0.25) is 4.90 Å². The molecule has 1 aromatic heterocycles. The molecule has 1 saturated heterocycles. The number of nitrogens with zero attached hydrogens (tertiary/aromatic N) is 3. The van der Waals surface area contributed by atoms with Gasteiger partial charge in [-0.25, -0.2) is 9.97 Å². The minimum absolute atomic E-state index is 0. The molecule has 0 saturated carbocycles. The van der Waals surface area contributed by atoms with Gasteiger partial charge in [0.25, 0.3) is 0 Å². The standard InChI is InChI=1S/C13H20N4.ClH/c1-2-11(6-14-4-1)8-17-5-3-12-7-15-10-16-13(12)9-17;/h7,10-11,14H,1-6,8-9H2;1H. The SMILES string of the molecule is Cl.c1ncc2c(n1)CN(CC1CCCNC1)CC2. The zero-order valence-electron chi connectivity index (χ0n) is 10.6. The molecule has 1 unspecified atom stereocenters. The van der Waals surface area contributed by atoms with Crippen molar-refractivity contribution in [3.8, 4) is 0 Å². The fourth-order valence-corrected chi connectivity index (χ4v) is 2.91. The lowest BCUT2D eigenvalue weighted by molar-refractivity contribution is 0.191. The molecule has 2 aliphatic rings. The van der Waals surface area contributed by atoms with Crippen LogP contribution >= 0.6 is 12.4 Å². The lowest BCUT2D eigenvalue weighted by Gasteiger charge is -2.32. The summed E-state index contributed by atoms with van der Waals surface area (Å²) in [5.41, 5.74) is 2.57. The van der Waals surface area contributed by atoms with Crippen molar-refractivity contribution in [2.24, 2.45) is 5.92 Å². The Hall–Kier alpha value is -0.710. The normalized spacial score (nSPS) is 24.1. The summed E-state index contributed by atoms with van der Waals surface area (Å²) in [4.78, 5) is 11.0. The molecule has 0 bridgehead atoms. The fourth-order valence-electron chi connectivity index (χ4n) is 2.91. The second-order valence-corrected chi connectivity index (χ2v) is 5.19. The first kappa shape index (κ1) is 13.7. The van der Waals surface area contributed by atoms with Gasteiger partial charge >= 0.3 is 0 Å². The quantitative estimate of drug-likeness (QED) is 0.877. The largest absolute Gasteiger partial charge is 0.316 e. The molecule has 2 aliphatic heterocycles. The lowest BCUT2D eigenvalue weighted by Crippen LogP contribution is -2.40. The Balaban J connectivity index is 0.00000120. The number of rotatable bonds is 2. The molecule has 0 spiro atoms. The predicted octanol–water partition coefficient (Wildman–Crippen LogP) is 1.26. The van der Waals surface area contributed by atoms with Crippen molar-refractivity contribution >= 4 is 12.4 Å². The molecule has 3 heterocycles. The molecular formula is C13H21ClN4. The third kappa shape index (κ3) is 3.19. The summed E-state index contributed by atoms with van der Waals surface area (Å²) >= 11 is 0. The van der Waals surface area contributed by atoms with Crippen LogP contribution in [-0.4, -0.2) is 41.0 Å². The average Bonchev–Trinajstić information content (AvgIpc) is 2.40. The minimum atomic E-state index is 0. The van der Waals surface area contributed by atoms with Crippen LogP contribution in [0.15, 0.2) is 12.5 Å². The van der Waals surface area contributed by atoms with Gasteiger partial charge in [0.05, 0.1) is 5.69 Å². The van der Waals surface area contributed by atoms with Crippen molar-refractivity contribution in [2.75, 3.05) is 26.2 Å². The van der Waals surface area contributed by atoms with Gasteiger partial charge in [-0.15, -0.1) is 12.4 Å². The molecule has 4 nitrogen and oxygen atoms in total. The number of hydrogen-bond donors (Lipinski definition) is 1. The van der Waals surface area contributed by atoms with Crippen molar-refractivity contribution in [3.05, 3.63) is 23.8 Å². The maximum atomic E-state index is 4.39. The van der Waals surface area contributed by atoms with E-state index in [1.807, 2.05) is 6.20 Å². The highest BCUT2D eigenvalue weighted by atomic mass is 35.5. The van der Waals surface area contributed by atoms with E-state index in [4.69, 9.17) is 0 Å². The van der Waals surface area contributed by atoms with Crippen LogP contribution in [0.5, 0.6) is 0 Å². The maximum absolute atomic E-state index is 4.39. The number of fused-ring (bicyclic) bond motifs is 1. The molecule has 0 aliphatic carbocycles. The second kappa shape index (κ2) is 6.45. The van der Waals surface area contributed by atoms with E-state index in [0.29, 0.717) is 0 Å². The maximum Gasteiger partial charge on any atom is 0.115 e. The summed E-state index contributed by atoms with van der Waals surface area (Å²) in [6.07, 6.45) is 7.46. The van der Waals surface area contributed by atoms with E-state index >= 15 is 0 Å². The lowest BCUT2D eigenvalue weighted by atomic mass is 9.97. The first-order valence-electron chi connectivity index (χ1n) is 6.62. The molecule has 0 amide bonds. The number of aromatic nitrogens is 2. The van der Waals surface area contributed by atoms with Crippen LogP contribution < -0.4 is 5.32 Å². The Morgan fingerprint density at radius 1 is 1.44 bits per heavy atom. The van der Waals surface area contributed by atoms with E-state index in [9.17, 15) is 0 Å². The molecule has 1 fully saturated rings. The number of hydrogen-bond acceptors (Lipinski definition) is 4. The van der Waals surface area contributed by atoms with Gasteiger partial charge in [-0.1, -0.05) is 0 Å². The molecule has 100 valence electrons. The predicted molar refractivity (Wildman–Crippen MR) is 73.9 cm³/mol. The van der Waals surface area contributed by atoms with E-state index < -0.39 is 0 Å². The van der Waals surface area contributed by atoms with Crippen molar-refractivity contribution in [1.29, 1.82) is 0 Å². The van der Waals surface area contributed by atoms with Gasteiger partial charge in [0.1, 0.15) is 6.33 Å². The molecule has 18 heavy (non-hydrogen) atoms. The Morgan fingerprint density at radius 3 is 3.22 bits per heavy atom. The van der Waals surface area contributed by atoms with E-state index in [1.165, 1.54) is 43.7 Å². The van der Waals surface area contributed by atoms with Crippen LogP contribution in [0, 0.1) is 5.92 Å². The highest BCUT2D eigenvalue weighted by Gasteiger charge is 2.21. The third-order valence-corrected chi connectivity index (χ3v) is 3.87. The van der Waals surface area contributed by atoms with Crippen LogP contribution in [-0.2, 0) is 13.0 Å². The molecule has 1 N–H and O–H groups in total. The van der Waals surface area contributed by atoms with Crippen molar-refractivity contribution < 1.29 is 0 Å². The van der Waals surface area contributed by atoms with E-state index in [-0.39, 0.29) is 12.4 Å². The van der Waals surface area contributed by atoms with Crippen LogP contribution in [0.2, 0.25) is 0 Å². The molecule has 1 aromatic rings. The molecule has 5 heteroatoms. The first-order valence-corrected chi connectivity index (χ1v) is 6.62. The fraction of sp³-hybridized carbons (Fsp3) is 0.692. The summed E-state index contributed by atoms with van der Waals surface area (Å²) in [6.45, 7) is 5.78. The van der Waals surface area contributed by atoms with Gasteiger partial charge in [-0.05, 0) is 43.8 Å². The molecule has 0 aromatic carbocycles.